The molecule has 0 unspecified atom stereocenters. The minimum Gasteiger partial charge on any atom is -0.336 e. The highest BCUT2D eigenvalue weighted by Crippen LogP contribution is 2.22. The molecule has 1 aromatic heterocycles. The Morgan fingerprint density at radius 1 is 0.970 bits per heavy atom. The summed E-state index contributed by atoms with van der Waals surface area (Å²) in [6, 6.07) is 16.4. The third-order valence-electron chi connectivity index (χ3n) is 6.29. The highest BCUT2D eigenvalue weighted by molar-refractivity contribution is 6.30. The highest BCUT2D eigenvalue weighted by atomic mass is 35.5. The maximum Gasteiger partial charge on any atom is 0.257 e. The number of piperazine rings is 1. The number of carbonyl (C=O) groups is 1. The smallest absolute Gasteiger partial charge is 0.257 e. The topological polar surface area (TPSA) is 41.4 Å². The minimum absolute atomic E-state index is 0.0819. The van der Waals surface area contributed by atoms with Crippen LogP contribution in [-0.2, 0) is 0 Å². The molecule has 1 aliphatic heterocycles. The van der Waals surface area contributed by atoms with Gasteiger partial charge in [-0.2, -0.15) is 5.10 Å². The molecule has 0 aliphatic carbocycles. The van der Waals surface area contributed by atoms with E-state index in [1.54, 1.807) is 0 Å². The van der Waals surface area contributed by atoms with E-state index < -0.39 is 0 Å². The number of hydrogen-bond acceptors (Lipinski definition) is 3. The maximum absolute atomic E-state index is 13.3. The Bertz CT molecular complexity index is 1160. The number of benzene rings is 2. The largest absolute Gasteiger partial charge is 0.336 e. The van der Waals surface area contributed by atoms with Gasteiger partial charge >= 0.3 is 0 Å². The van der Waals surface area contributed by atoms with Crippen LogP contribution in [0.1, 0.15) is 46.7 Å². The molecular weight excluding hydrogens is 432 g/mol. The standard InChI is InChI=1S/C27H31ClN4O/c1-19(2)30-14-16-31(17-15-30)27(33)26-20(3)29-32(21(26)4)25-7-5-6-23(18-25)9-8-22-10-12-24(28)13-11-22/h5-13,18-19H,14-17H2,1-4H3. The molecule has 3 aromatic rings. The molecule has 0 bridgehead atoms. The first-order valence-corrected chi connectivity index (χ1v) is 11.8. The molecule has 5 nitrogen and oxygen atoms in total. The zero-order valence-electron chi connectivity index (χ0n) is 19.8. The van der Waals surface area contributed by atoms with Crippen LogP contribution in [0, 0.1) is 13.8 Å². The summed E-state index contributed by atoms with van der Waals surface area (Å²) in [4.78, 5) is 17.7. The molecule has 1 amide bonds. The van der Waals surface area contributed by atoms with Crippen LogP contribution in [0.5, 0.6) is 0 Å². The second-order valence-corrected chi connectivity index (χ2v) is 9.30. The zero-order valence-corrected chi connectivity index (χ0v) is 20.5. The number of hydrogen-bond donors (Lipinski definition) is 0. The fourth-order valence-corrected chi connectivity index (χ4v) is 4.46. The Labute approximate surface area is 201 Å². The Balaban J connectivity index is 1.55. The molecule has 33 heavy (non-hydrogen) atoms. The number of aryl methyl sites for hydroxylation is 1. The average Bonchev–Trinajstić information content (AvgIpc) is 3.12. The molecule has 1 aliphatic rings. The summed E-state index contributed by atoms with van der Waals surface area (Å²) >= 11 is 5.97. The molecular formula is C27H31ClN4O. The lowest BCUT2D eigenvalue weighted by atomic mass is 10.1. The predicted octanol–water partition coefficient (Wildman–Crippen LogP) is 5.48. The lowest BCUT2D eigenvalue weighted by molar-refractivity contribution is 0.0594. The second-order valence-electron chi connectivity index (χ2n) is 8.86. The fraction of sp³-hybridized carbons (Fsp3) is 0.333. The molecule has 1 saturated heterocycles. The van der Waals surface area contributed by atoms with E-state index in [0.29, 0.717) is 6.04 Å². The quantitative estimate of drug-likeness (QED) is 0.471. The van der Waals surface area contributed by atoms with Crippen molar-refractivity contribution in [2.45, 2.75) is 33.7 Å². The van der Waals surface area contributed by atoms with Gasteiger partial charge in [-0.25, -0.2) is 4.68 Å². The summed E-state index contributed by atoms with van der Waals surface area (Å²) in [6.45, 7) is 11.6. The first-order valence-electron chi connectivity index (χ1n) is 11.5. The van der Waals surface area contributed by atoms with Gasteiger partial charge in [-0.15, -0.1) is 0 Å². The van der Waals surface area contributed by atoms with Gasteiger partial charge in [0, 0.05) is 37.2 Å². The van der Waals surface area contributed by atoms with Crippen LogP contribution in [0.15, 0.2) is 48.5 Å². The molecule has 0 radical (unpaired) electrons. The van der Waals surface area contributed by atoms with Gasteiger partial charge in [-0.1, -0.05) is 48.0 Å². The van der Waals surface area contributed by atoms with Crippen molar-refractivity contribution < 1.29 is 4.79 Å². The van der Waals surface area contributed by atoms with Crippen molar-refractivity contribution in [3.63, 3.8) is 0 Å². The van der Waals surface area contributed by atoms with Gasteiger partial charge in [0.2, 0.25) is 0 Å². The Hall–Kier alpha value is -2.89. The van der Waals surface area contributed by atoms with Crippen molar-refractivity contribution in [2.75, 3.05) is 26.2 Å². The Morgan fingerprint density at radius 3 is 2.30 bits per heavy atom. The van der Waals surface area contributed by atoms with Crippen LogP contribution in [-0.4, -0.2) is 57.7 Å². The van der Waals surface area contributed by atoms with E-state index in [1.807, 2.05) is 59.8 Å². The van der Waals surface area contributed by atoms with E-state index in [-0.39, 0.29) is 5.91 Å². The zero-order chi connectivity index (χ0) is 23.5. The number of rotatable bonds is 5. The molecule has 0 N–H and O–H groups in total. The van der Waals surface area contributed by atoms with Crippen LogP contribution in [0.3, 0.4) is 0 Å². The summed E-state index contributed by atoms with van der Waals surface area (Å²) in [7, 11) is 0. The summed E-state index contributed by atoms with van der Waals surface area (Å²) in [5, 5.41) is 5.46. The van der Waals surface area contributed by atoms with Gasteiger partial charge in [0.15, 0.2) is 0 Å². The molecule has 2 aromatic carbocycles. The number of carbonyl (C=O) groups excluding carboxylic acids is 1. The van der Waals surface area contributed by atoms with Crippen LogP contribution in [0.2, 0.25) is 5.02 Å². The van der Waals surface area contributed by atoms with Crippen molar-refractivity contribution in [3.8, 4) is 5.69 Å². The maximum atomic E-state index is 13.3. The minimum atomic E-state index is 0.0819. The van der Waals surface area contributed by atoms with E-state index in [1.165, 1.54) is 0 Å². The van der Waals surface area contributed by atoms with Gasteiger partial charge in [0.1, 0.15) is 0 Å². The molecule has 6 heteroatoms. The van der Waals surface area contributed by atoms with E-state index in [9.17, 15) is 4.79 Å². The van der Waals surface area contributed by atoms with E-state index in [0.717, 1.165) is 65.0 Å². The number of halogens is 1. The summed E-state index contributed by atoms with van der Waals surface area (Å²) in [5.41, 5.74) is 5.45. The first-order chi connectivity index (χ1) is 15.8. The van der Waals surface area contributed by atoms with Crippen molar-refractivity contribution in [1.82, 2.24) is 19.6 Å². The van der Waals surface area contributed by atoms with E-state index in [2.05, 4.69) is 43.0 Å². The molecule has 0 saturated carbocycles. The molecule has 172 valence electrons. The van der Waals surface area contributed by atoms with Crippen LogP contribution >= 0.6 is 11.6 Å². The monoisotopic (exact) mass is 462 g/mol. The number of aromatic nitrogens is 2. The van der Waals surface area contributed by atoms with Gasteiger partial charge in [0.05, 0.1) is 22.6 Å². The molecule has 4 rings (SSSR count). The van der Waals surface area contributed by atoms with Crippen molar-refractivity contribution >= 4 is 29.7 Å². The average molecular weight is 463 g/mol. The summed E-state index contributed by atoms with van der Waals surface area (Å²) in [6.07, 6.45) is 4.13. The third-order valence-corrected chi connectivity index (χ3v) is 6.54. The Morgan fingerprint density at radius 2 is 1.64 bits per heavy atom. The molecule has 0 spiro atoms. The van der Waals surface area contributed by atoms with Gasteiger partial charge < -0.3 is 4.90 Å². The third kappa shape index (κ3) is 5.21. The first kappa shape index (κ1) is 23.3. The SMILES string of the molecule is Cc1nn(-c2cccc(C=Cc3ccc(Cl)cc3)c2)c(C)c1C(=O)N1CCN(C(C)C)CC1. The summed E-state index contributed by atoms with van der Waals surface area (Å²) in [5.74, 6) is 0.0819. The lowest BCUT2D eigenvalue weighted by Crippen LogP contribution is -2.50. The molecule has 1 fully saturated rings. The van der Waals surface area contributed by atoms with E-state index in [4.69, 9.17) is 16.7 Å². The van der Waals surface area contributed by atoms with Gasteiger partial charge in [0.25, 0.3) is 5.91 Å². The van der Waals surface area contributed by atoms with Crippen molar-refractivity contribution in [2.24, 2.45) is 0 Å². The molecule has 2 heterocycles. The molecule has 0 atom stereocenters. The normalized spacial score (nSPS) is 15.0. The fourth-order valence-electron chi connectivity index (χ4n) is 4.33. The van der Waals surface area contributed by atoms with Gasteiger partial charge in [-0.3, -0.25) is 9.69 Å². The van der Waals surface area contributed by atoms with Crippen LogP contribution in [0.4, 0.5) is 0 Å². The number of nitrogens with zero attached hydrogens (tertiary/aromatic N) is 4. The van der Waals surface area contributed by atoms with Crippen LogP contribution in [0.25, 0.3) is 17.8 Å². The lowest BCUT2D eigenvalue weighted by Gasteiger charge is -2.37. The highest BCUT2D eigenvalue weighted by Gasteiger charge is 2.27. The van der Waals surface area contributed by atoms with Crippen LogP contribution < -0.4 is 0 Å². The van der Waals surface area contributed by atoms with Crippen molar-refractivity contribution in [3.05, 3.63) is 81.6 Å². The Kier molecular flexibility index (Phi) is 7.01. The number of amides is 1. The predicted molar refractivity (Wildman–Crippen MR) is 136 cm³/mol. The van der Waals surface area contributed by atoms with Gasteiger partial charge in [-0.05, 0) is 63.1 Å². The second kappa shape index (κ2) is 9.94. The summed E-state index contributed by atoms with van der Waals surface area (Å²) < 4.78 is 1.88. The van der Waals surface area contributed by atoms with E-state index >= 15 is 0 Å². The van der Waals surface area contributed by atoms with Crippen molar-refractivity contribution in [1.29, 1.82) is 0 Å².